The van der Waals surface area contributed by atoms with Gasteiger partial charge in [-0.25, -0.2) is 4.98 Å². The predicted molar refractivity (Wildman–Crippen MR) is 81.0 cm³/mol. The average molecular weight is 281 g/mol. The quantitative estimate of drug-likeness (QED) is 0.866. The highest BCUT2D eigenvalue weighted by Crippen LogP contribution is 2.28. The second-order valence-corrected chi connectivity index (χ2v) is 6.06. The molecule has 0 saturated heterocycles. The summed E-state index contributed by atoms with van der Waals surface area (Å²) in [4.78, 5) is 8.67. The number of rotatable bonds is 6. The summed E-state index contributed by atoms with van der Waals surface area (Å²) in [7, 11) is 0. The fourth-order valence-corrected chi connectivity index (χ4v) is 3.07. The molecule has 106 valence electrons. The number of hydrogen-bond acceptors (Lipinski definition) is 5. The van der Waals surface area contributed by atoms with Gasteiger partial charge in [-0.3, -0.25) is 0 Å². The van der Waals surface area contributed by atoms with Crippen molar-refractivity contribution >= 4 is 17.7 Å². The van der Waals surface area contributed by atoms with Crippen LogP contribution in [0.15, 0.2) is 12.3 Å². The zero-order valence-corrected chi connectivity index (χ0v) is 12.6. The van der Waals surface area contributed by atoms with Gasteiger partial charge in [0.1, 0.15) is 0 Å². The van der Waals surface area contributed by atoms with E-state index in [1.54, 1.807) is 6.20 Å². The number of anilines is 1. The van der Waals surface area contributed by atoms with Crippen LogP contribution in [0.5, 0.6) is 5.88 Å². The monoisotopic (exact) mass is 281 g/mol. The zero-order valence-electron chi connectivity index (χ0n) is 11.8. The molecule has 0 amide bonds. The lowest BCUT2D eigenvalue weighted by molar-refractivity contribution is 0.305. The van der Waals surface area contributed by atoms with Gasteiger partial charge in [-0.1, -0.05) is 6.92 Å². The van der Waals surface area contributed by atoms with E-state index in [2.05, 4.69) is 28.5 Å². The van der Waals surface area contributed by atoms with E-state index in [9.17, 15) is 0 Å². The highest BCUT2D eigenvalue weighted by molar-refractivity contribution is 7.99. The highest BCUT2D eigenvalue weighted by Gasteiger charge is 2.20. The Bertz CT molecular complexity index is 381. The molecule has 0 spiro atoms. The average Bonchev–Trinajstić information content (AvgIpc) is 2.46. The largest absolute Gasteiger partial charge is 0.478 e. The third kappa shape index (κ3) is 4.56. The maximum Gasteiger partial charge on any atom is 0.226 e. The lowest BCUT2D eigenvalue weighted by atomic mass is 9.95. The van der Waals surface area contributed by atoms with Gasteiger partial charge in [0.25, 0.3) is 0 Å². The number of nitrogens with zero attached hydrogens (tertiary/aromatic N) is 2. The molecule has 1 N–H and O–H groups in total. The molecule has 1 aliphatic carbocycles. The minimum Gasteiger partial charge on any atom is -0.478 e. The molecule has 1 saturated carbocycles. The number of nitrogens with one attached hydrogen (secondary N) is 1. The van der Waals surface area contributed by atoms with E-state index < -0.39 is 0 Å². The Balaban J connectivity index is 1.85. The van der Waals surface area contributed by atoms with Gasteiger partial charge < -0.3 is 10.1 Å². The van der Waals surface area contributed by atoms with Crippen molar-refractivity contribution in [3.63, 3.8) is 0 Å². The van der Waals surface area contributed by atoms with Crippen LogP contribution in [0.1, 0.15) is 39.0 Å². The van der Waals surface area contributed by atoms with E-state index in [1.807, 2.05) is 17.8 Å². The highest BCUT2D eigenvalue weighted by atomic mass is 32.2. The first kappa shape index (κ1) is 14.4. The second-order valence-electron chi connectivity index (χ2n) is 4.92. The van der Waals surface area contributed by atoms with Crippen LogP contribution < -0.4 is 10.1 Å². The van der Waals surface area contributed by atoms with Crippen LogP contribution in [0.4, 0.5) is 5.95 Å². The van der Waals surface area contributed by atoms with Gasteiger partial charge in [0.05, 0.1) is 6.61 Å². The Morgan fingerprint density at radius 3 is 2.84 bits per heavy atom. The summed E-state index contributed by atoms with van der Waals surface area (Å²) in [6.45, 7) is 2.79. The van der Waals surface area contributed by atoms with Crippen LogP contribution in [-0.2, 0) is 0 Å². The van der Waals surface area contributed by atoms with E-state index >= 15 is 0 Å². The number of thioether (sulfide) groups is 1. The minimum atomic E-state index is 0.504. The predicted octanol–water partition coefficient (Wildman–Crippen LogP) is 3.35. The van der Waals surface area contributed by atoms with Gasteiger partial charge in [-0.2, -0.15) is 16.7 Å². The zero-order chi connectivity index (χ0) is 13.5. The van der Waals surface area contributed by atoms with E-state index in [4.69, 9.17) is 4.74 Å². The molecule has 1 fully saturated rings. The number of aromatic nitrogens is 2. The van der Waals surface area contributed by atoms with E-state index in [1.165, 1.54) is 25.7 Å². The Kier molecular flexibility index (Phi) is 5.76. The summed E-state index contributed by atoms with van der Waals surface area (Å²) < 4.78 is 5.52. The fraction of sp³-hybridized carbons (Fsp3) is 0.714. The standard InChI is InChI=1S/C14H23N3OS/c1-3-10-18-13-8-9-15-14(17-13)16-11-4-6-12(19-2)7-5-11/h8-9,11-12H,3-7,10H2,1-2H3,(H,15,16,17). The van der Waals surface area contributed by atoms with Crippen molar-refractivity contribution in [2.75, 3.05) is 18.2 Å². The Morgan fingerprint density at radius 2 is 2.16 bits per heavy atom. The van der Waals surface area contributed by atoms with Crippen LogP contribution >= 0.6 is 11.8 Å². The summed E-state index contributed by atoms with van der Waals surface area (Å²) >= 11 is 1.99. The first-order valence-corrected chi connectivity index (χ1v) is 8.35. The van der Waals surface area contributed by atoms with Crippen molar-refractivity contribution in [1.29, 1.82) is 0 Å². The molecule has 0 atom stereocenters. The first-order chi connectivity index (χ1) is 9.31. The van der Waals surface area contributed by atoms with Gasteiger partial charge in [-0.05, 0) is 38.4 Å². The maximum atomic E-state index is 5.52. The molecule has 5 heteroatoms. The SMILES string of the molecule is CCCOc1ccnc(NC2CCC(SC)CC2)n1. The van der Waals surface area contributed by atoms with Crippen molar-refractivity contribution in [2.45, 2.75) is 50.3 Å². The molecule has 1 heterocycles. The molecule has 19 heavy (non-hydrogen) atoms. The molecule has 4 nitrogen and oxygen atoms in total. The van der Waals surface area contributed by atoms with Crippen molar-refractivity contribution < 1.29 is 4.74 Å². The lowest BCUT2D eigenvalue weighted by Crippen LogP contribution is -2.27. The first-order valence-electron chi connectivity index (χ1n) is 7.07. The molecule has 1 aliphatic rings. The Morgan fingerprint density at radius 1 is 1.37 bits per heavy atom. The summed E-state index contributed by atoms with van der Waals surface area (Å²) in [5.74, 6) is 1.36. The third-order valence-corrected chi connectivity index (χ3v) is 4.56. The van der Waals surface area contributed by atoms with E-state index in [0.29, 0.717) is 24.5 Å². The normalized spacial score (nSPS) is 23.1. The smallest absolute Gasteiger partial charge is 0.226 e. The van der Waals surface area contributed by atoms with Crippen LogP contribution in [0, 0.1) is 0 Å². The maximum absolute atomic E-state index is 5.52. The molecule has 1 aromatic rings. The molecular weight excluding hydrogens is 258 g/mol. The molecule has 0 radical (unpaired) electrons. The van der Waals surface area contributed by atoms with Crippen LogP contribution in [0.25, 0.3) is 0 Å². The Hall–Kier alpha value is -0.970. The molecule has 0 unspecified atom stereocenters. The number of hydrogen-bond donors (Lipinski definition) is 1. The molecule has 0 aromatic carbocycles. The molecule has 2 rings (SSSR count). The van der Waals surface area contributed by atoms with E-state index in [0.717, 1.165) is 11.7 Å². The summed E-state index contributed by atoms with van der Waals surface area (Å²) in [6, 6.07) is 2.32. The number of ether oxygens (including phenoxy) is 1. The molecule has 0 bridgehead atoms. The van der Waals surface area contributed by atoms with Crippen molar-refractivity contribution in [2.24, 2.45) is 0 Å². The molecule has 1 aromatic heterocycles. The van der Waals surface area contributed by atoms with Crippen molar-refractivity contribution in [1.82, 2.24) is 9.97 Å². The topological polar surface area (TPSA) is 47.0 Å². The van der Waals surface area contributed by atoms with Gasteiger partial charge >= 0.3 is 0 Å². The summed E-state index contributed by atoms with van der Waals surface area (Å²) in [6.07, 6.45) is 9.93. The second kappa shape index (κ2) is 7.58. The van der Waals surface area contributed by atoms with Crippen LogP contribution in [0.3, 0.4) is 0 Å². The summed E-state index contributed by atoms with van der Waals surface area (Å²) in [5, 5.41) is 4.26. The van der Waals surface area contributed by atoms with Gasteiger partial charge in [0.15, 0.2) is 0 Å². The summed E-state index contributed by atoms with van der Waals surface area (Å²) in [5.41, 5.74) is 0. The van der Waals surface area contributed by atoms with Gasteiger partial charge in [0, 0.05) is 23.6 Å². The van der Waals surface area contributed by atoms with E-state index in [-0.39, 0.29) is 0 Å². The van der Waals surface area contributed by atoms with Gasteiger partial charge in [-0.15, -0.1) is 0 Å². The van der Waals surface area contributed by atoms with Crippen LogP contribution in [-0.4, -0.2) is 34.1 Å². The molecular formula is C14H23N3OS. The fourth-order valence-electron chi connectivity index (χ4n) is 2.32. The Labute approximate surface area is 119 Å². The minimum absolute atomic E-state index is 0.504. The van der Waals surface area contributed by atoms with Crippen LogP contribution in [0.2, 0.25) is 0 Å². The molecule has 0 aliphatic heterocycles. The van der Waals surface area contributed by atoms with Crippen molar-refractivity contribution in [3.8, 4) is 5.88 Å². The van der Waals surface area contributed by atoms with Gasteiger partial charge in [0.2, 0.25) is 11.8 Å². The lowest BCUT2D eigenvalue weighted by Gasteiger charge is -2.27. The van der Waals surface area contributed by atoms with Crippen molar-refractivity contribution in [3.05, 3.63) is 12.3 Å². The third-order valence-electron chi connectivity index (χ3n) is 3.42.